The number of esters is 1. The molecular formula is C78H147NO5. The molecule has 0 aliphatic heterocycles. The Morgan fingerprint density at radius 2 is 0.607 bits per heavy atom. The lowest BCUT2D eigenvalue weighted by Gasteiger charge is -2.20. The Kier molecular flexibility index (Phi) is 71.4. The summed E-state index contributed by atoms with van der Waals surface area (Å²) < 4.78 is 5.48. The predicted octanol–water partition coefficient (Wildman–Crippen LogP) is 24.8. The third kappa shape index (κ3) is 68.9. The molecule has 0 aromatic heterocycles. The minimum Gasteiger partial charge on any atom is -0.466 e. The van der Waals surface area contributed by atoms with E-state index in [9.17, 15) is 19.8 Å². The number of rotatable bonds is 71. The van der Waals surface area contributed by atoms with Crippen LogP contribution in [0.3, 0.4) is 0 Å². The van der Waals surface area contributed by atoms with Gasteiger partial charge in [0.05, 0.1) is 25.4 Å². The van der Waals surface area contributed by atoms with E-state index in [-0.39, 0.29) is 18.5 Å². The predicted molar refractivity (Wildman–Crippen MR) is 370 cm³/mol. The van der Waals surface area contributed by atoms with Crippen LogP contribution in [0.2, 0.25) is 0 Å². The maximum atomic E-state index is 12.5. The van der Waals surface area contributed by atoms with Crippen molar-refractivity contribution in [2.45, 2.75) is 424 Å². The van der Waals surface area contributed by atoms with Gasteiger partial charge in [-0.3, -0.25) is 9.59 Å². The fourth-order valence-electron chi connectivity index (χ4n) is 11.8. The number of aliphatic hydroxyl groups excluding tert-OH is 2. The van der Waals surface area contributed by atoms with Gasteiger partial charge in [-0.15, -0.1) is 0 Å². The smallest absolute Gasteiger partial charge is 0.305 e. The summed E-state index contributed by atoms with van der Waals surface area (Å²) in [5, 5.41) is 23.3. The van der Waals surface area contributed by atoms with Crippen LogP contribution in [0.15, 0.2) is 48.6 Å². The largest absolute Gasteiger partial charge is 0.466 e. The lowest BCUT2D eigenvalue weighted by atomic mass is 10.0. The fourth-order valence-corrected chi connectivity index (χ4v) is 11.8. The monoisotopic (exact) mass is 1180 g/mol. The van der Waals surface area contributed by atoms with Crippen molar-refractivity contribution < 1.29 is 24.5 Å². The minimum absolute atomic E-state index is 0.00181. The van der Waals surface area contributed by atoms with Crippen LogP contribution < -0.4 is 5.32 Å². The van der Waals surface area contributed by atoms with Gasteiger partial charge in [0.1, 0.15) is 0 Å². The van der Waals surface area contributed by atoms with Gasteiger partial charge in [-0.2, -0.15) is 0 Å². The van der Waals surface area contributed by atoms with Crippen LogP contribution in [0.25, 0.3) is 0 Å². The summed E-state index contributed by atoms with van der Waals surface area (Å²) in [6, 6.07) is -0.629. The number of ether oxygens (including phenoxy) is 1. The molecule has 0 spiro atoms. The Bertz CT molecular complexity index is 1400. The SMILES string of the molecule is CCCC/C=C\C/C=C\CCCCCCCC(=O)OCCCCCCCCCCCCCC/C=C\CCCCCCCCCCCCCCCC(=O)NC(CO)C(O)/C=C/CCCCCCCCCCCCCCCCCCCCCCCC. The van der Waals surface area contributed by atoms with E-state index in [0.29, 0.717) is 19.4 Å². The molecule has 0 aliphatic carbocycles. The van der Waals surface area contributed by atoms with E-state index < -0.39 is 12.1 Å². The number of allylic oxidation sites excluding steroid dienone is 7. The molecule has 0 saturated carbocycles. The molecule has 2 atom stereocenters. The van der Waals surface area contributed by atoms with Crippen molar-refractivity contribution in [3.8, 4) is 0 Å². The van der Waals surface area contributed by atoms with Gasteiger partial charge in [0.15, 0.2) is 0 Å². The van der Waals surface area contributed by atoms with E-state index in [0.717, 1.165) is 51.4 Å². The van der Waals surface area contributed by atoms with Gasteiger partial charge < -0.3 is 20.3 Å². The second kappa shape index (κ2) is 73.3. The number of hydrogen-bond acceptors (Lipinski definition) is 5. The summed E-state index contributed by atoms with van der Waals surface area (Å²) in [5.41, 5.74) is 0. The summed E-state index contributed by atoms with van der Waals surface area (Å²) in [4.78, 5) is 24.6. The average molecular weight is 1180 g/mol. The Morgan fingerprint density at radius 3 is 0.952 bits per heavy atom. The molecule has 6 heteroatoms. The number of carbonyl (C=O) groups excluding carboxylic acids is 2. The third-order valence-corrected chi connectivity index (χ3v) is 17.6. The maximum Gasteiger partial charge on any atom is 0.305 e. The average Bonchev–Trinajstić information content (AvgIpc) is 3.51. The second-order valence-electron chi connectivity index (χ2n) is 26.0. The molecule has 0 heterocycles. The van der Waals surface area contributed by atoms with Crippen molar-refractivity contribution in [3.63, 3.8) is 0 Å². The fraction of sp³-hybridized carbons (Fsp3) is 0.872. The number of hydrogen-bond donors (Lipinski definition) is 3. The van der Waals surface area contributed by atoms with Gasteiger partial charge in [0.2, 0.25) is 5.91 Å². The summed E-state index contributed by atoms with van der Waals surface area (Å²) >= 11 is 0. The van der Waals surface area contributed by atoms with Gasteiger partial charge >= 0.3 is 5.97 Å². The first kappa shape index (κ1) is 81.8. The molecule has 0 radical (unpaired) electrons. The van der Waals surface area contributed by atoms with Crippen LogP contribution in [0, 0.1) is 0 Å². The van der Waals surface area contributed by atoms with Crippen LogP contribution in [0.4, 0.5) is 0 Å². The van der Waals surface area contributed by atoms with Gasteiger partial charge in [0, 0.05) is 12.8 Å². The first-order valence-corrected chi connectivity index (χ1v) is 37.9. The van der Waals surface area contributed by atoms with Gasteiger partial charge in [-0.1, -0.05) is 364 Å². The molecule has 0 bridgehead atoms. The molecule has 0 aliphatic rings. The van der Waals surface area contributed by atoms with Crippen molar-refractivity contribution in [2.75, 3.05) is 13.2 Å². The van der Waals surface area contributed by atoms with E-state index >= 15 is 0 Å². The van der Waals surface area contributed by atoms with Gasteiger partial charge in [-0.05, 0) is 83.5 Å². The molecular weight excluding hydrogens is 1030 g/mol. The number of aliphatic hydroxyl groups is 2. The molecule has 1 amide bonds. The molecule has 3 N–H and O–H groups in total. The first-order chi connectivity index (χ1) is 41.5. The van der Waals surface area contributed by atoms with Crippen molar-refractivity contribution >= 4 is 11.9 Å². The highest BCUT2D eigenvalue weighted by atomic mass is 16.5. The lowest BCUT2D eigenvalue weighted by Crippen LogP contribution is -2.45. The Balaban J connectivity index is 3.41. The van der Waals surface area contributed by atoms with E-state index in [2.05, 4.69) is 55.6 Å². The zero-order chi connectivity index (χ0) is 60.6. The Morgan fingerprint density at radius 1 is 0.333 bits per heavy atom. The van der Waals surface area contributed by atoms with Crippen molar-refractivity contribution in [1.29, 1.82) is 0 Å². The van der Waals surface area contributed by atoms with Crippen LogP contribution in [-0.4, -0.2) is 47.4 Å². The third-order valence-electron chi connectivity index (χ3n) is 17.6. The number of nitrogens with one attached hydrogen (secondary N) is 1. The van der Waals surface area contributed by atoms with Crippen LogP contribution in [0.1, 0.15) is 412 Å². The van der Waals surface area contributed by atoms with E-state index in [4.69, 9.17) is 4.74 Å². The molecule has 2 unspecified atom stereocenters. The molecule has 0 aromatic carbocycles. The number of amides is 1. The zero-order valence-corrected chi connectivity index (χ0v) is 56.6. The van der Waals surface area contributed by atoms with Crippen LogP contribution >= 0.6 is 0 Å². The highest BCUT2D eigenvalue weighted by molar-refractivity contribution is 5.76. The number of carbonyl (C=O) groups is 2. The van der Waals surface area contributed by atoms with Crippen molar-refractivity contribution in [3.05, 3.63) is 48.6 Å². The quantitative estimate of drug-likeness (QED) is 0.0320. The Hall–Kier alpha value is -2.18. The molecule has 494 valence electrons. The molecule has 0 aromatic rings. The van der Waals surface area contributed by atoms with Gasteiger partial charge in [-0.25, -0.2) is 0 Å². The normalized spacial score (nSPS) is 12.8. The van der Waals surface area contributed by atoms with E-state index in [1.165, 1.54) is 334 Å². The standard InChI is InChI=1S/C78H147NO5/c1-3-5-7-9-11-13-15-17-19-20-21-22-23-31-34-37-40-43-46-50-54-58-62-66-70-76(81)75(74-80)79-77(82)71-67-63-59-55-51-47-44-41-38-35-32-29-27-25-24-26-28-30-33-36-39-42-45-49-53-57-61-65-69-73-84-78(83)72-68-64-60-56-52-48-18-16-14-12-10-8-6-4-2/h10,12,16,18,24,26,66,70,75-76,80-81H,3-9,11,13-15,17,19-23,25,27-65,67-69,71-74H2,1-2H3,(H,79,82)/b12-10-,18-16-,26-24-,70-66+. The summed E-state index contributed by atoms with van der Waals surface area (Å²) in [6.45, 7) is 4.89. The molecule has 0 rings (SSSR count). The minimum atomic E-state index is -0.846. The molecule has 6 nitrogen and oxygen atoms in total. The van der Waals surface area contributed by atoms with E-state index in [1.807, 2.05) is 6.08 Å². The van der Waals surface area contributed by atoms with Crippen LogP contribution in [0.5, 0.6) is 0 Å². The summed E-state index contributed by atoms with van der Waals surface area (Å²) in [6.07, 6.45) is 96.4. The summed E-state index contributed by atoms with van der Waals surface area (Å²) in [5.74, 6) is -0.0612. The number of unbranched alkanes of at least 4 members (excludes halogenated alkanes) is 54. The lowest BCUT2D eigenvalue weighted by molar-refractivity contribution is -0.143. The Labute approximate surface area is 525 Å². The van der Waals surface area contributed by atoms with E-state index in [1.54, 1.807) is 6.08 Å². The van der Waals surface area contributed by atoms with Gasteiger partial charge in [0.25, 0.3) is 0 Å². The van der Waals surface area contributed by atoms with Crippen LogP contribution in [-0.2, 0) is 14.3 Å². The van der Waals surface area contributed by atoms with Crippen molar-refractivity contribution in [1.82, 2.24) is 5.32 Å². The van der Waals surface area contributed by atoms with Crippen molar-refractivity contribution in [2.24, 2.45) is 0 Å². The molecule has 84 heavy (non-hydrogen) atoms. The highest BCUT2D eigenvalue weighted by Crippen LogP contribution is 2.19. The first-order valence-electron chi connectivity index (χ1n) is 37.9. The molecule has 0 saturated heterocycles. The highest BCUT2D eigenvalue weighted by Gasteiger charge is 2.18. The topological polar surface area (TPSA) is 95.9 Å². The molecule has 0 fully saturated rings. The zero-order valence-electron chi connectivity index (χ0n) is 56.6. The summed E-state index contributed by atoms with van der Waals surface area (Å²) in [7, 11) is 0. The maximum absolute atomic E-state index is 12.5. The second-order valence-corrected chi connectivity index (χ2v) is 26.0.